The lowest BCUT2D eigenvalue weighted by atomic mass is 10.1. The van der Waals surface area contributed by atoms with Gasteiger partial charge in [0, 0.05) is 12.2 Å². The van der Waals surface area contributed by atoms with Crippen LogP contribution in [0, 0.1) is 5.82 Å². The SMILES string of the molecule is CN(CC(=O)Nc1cccc(F)c1)Cc1ccc2ccccc2c1. The summed E-state index contributed by atoms with van der Waals surface area (Å²) in [5.41, 5.74) is 1.62. The molecule has 0 aromatic heterocycles. The van der Waals surface area contributed by atoms with Crippen molar-refractivity contribution in [2.75, 3.05) is 18.9 Å². The van der Waals surface area contributed by atoms with Crippen LogP contribution in [0.3, 0.4) is 0 Å². The van der Waals surface area contributed by atoms with Crippen LogP contribution < -0.4 is 5.32 Å². The summed E-state index contributed by atoms with van der Waals surface area (Å²) in [7, 11) is 1.89. The van der Waals surface area contributed by atoms with E-state index in [-0.39, 0.29) is 18.3 Å². The lowest BCUT2D eigenvalue weighted by molar-refractivity contribution is -0.117. The van der Waals surface area contributed by atoms with E-state index >= 15 is 0 Å². The molecule has 0 spiro atoms. The molecule has 0 radical (unpaired) electrons. The third-order valence-electron chi connectivity index (χ3n) is 3.79. The Kier molecular flexibility index (Phi) is 4.87. The van der Waals surface area contributed by atoms with Crippen LogP contribution in [0.15, 0.2) is 66.7 Å². The predicted octanol–water partition coefficient (Wildman–Crippen LogP) is 4.05. The van der Waals surface area contributed by atoms with E-state index < -0.39 is 0 Å². The molecule has 24 heavy (non-hydrogen) atoms. The molecule has 0 unspecified atom stereocenters. The number of carbonyl (C=O) groups is 1. The molecule has 3 rings (SSSR count). The molecule has 0 atom stereocenters. The highest BCUT2D eigenvalue weighted by atomic mass is 19.1. The molecule has 0 fully saturated rings. The van der Waals surface area contributed by atoms with Crippen molar-refractivity contribution in [2.24, 2.45) is 0 Å². The van der Waals surface area contributed by atoms with Crippen LogP contribution in [0.5, 0.6) is 0 Å². The van der Waals surface area contributed by atoms with Gasteiger partial charge in [-0.15, -0.1) is 0 Å². The van der Waals surface area contributed by atoms with Gasteiger partial charge in [0.05, 0.1) is 6.54 Å². The number of nitrogens with one attached hydrogen (secondary N) is 1. The van der Waals surface area contributed by atoms with Crippen LogP contribution in [0.25, 0.3) is 10.8 Å². The monoisotopic (exact) mass is 322 g/mol. The number of amides is 1. The minimum absolute atomic E-state index is 0.163. The fourth-order valence-corrected chi connectivity index (χ4v) is 2.72. The molecule has 122 valence electrons. The normalized spacial score (nSPS) is 11.0. The van der Waals surface area contributed by atoms with Crippen LogP contribution in [0.2, 0.25) is 0 Å². The van der Waals surface area contributed by atoms with Gasteiger partial charge in [-0.1, -0.05) is 42.5 Å². The Labute approximate surface area is 140 Å². The Morgan fingerprint density at radius 2 is 1.79 bits per heavy atom. The van der Waals surface area contributed by atoms with E-state index in [0.29, 0.717) is 12.2 Å². The van der Waals surface area contributed by atoms with Crippen molar-refractivity contribution in [1.82, 2.24) is 4.90 Å². The fraction of sp³-hybridized carbons (Fsp3) is 0.150. The Hall–Kier alpha value is -2.72. The highest BCUT2D eigenvalue weighted by molar-refractivity contribution is 5.92. The zero-order chi connectivity index (χ0) is 16.9. The van der Waals surface area contributed by atoms with Crippen molar-refractivity contribution < 1.29 is 9.18 Å². The number of rotatable bonds is 5. The van der Waals surface area contributed by atoms with Gasteiger partial charge in [0.1, 0.15) is 5.82 Å². The Morgan fingerprint density at radius 1 is 1.00 bits per heavy atom. The molecule has 3 nitrogen and oxygen atoms in total. The molecule has 1 N–H and O–H groups in total. The summed E-state index contributed by atoms with van der Waals surface area (Å²) in [4.78, 5) is 14.0. The first-order valence-electron chi connectivity index (χ1n) is 7.82. The van der Waals surface area contributed by atoms with Gasteiger partial charge in [-0.2, -0.15) is 0 Å². The van der Waals surface area contributed by atoms with Crippen molar-refractivity contribution in [3.63, 3.8) is 0 Å². The van der Waals surface area contributed by atoms with Crippen LogP contribution in [-0.2, 0) is 11.3 Å². The first-order valence-corrected chi connectivity index (χ1v) is 7.82. The molecule has 0 bridgehead atoms. The average Bonchev–Trinajstić information content (AvgIpc) is 2.54. The zero-order valence-corrected chi connectivity index (χ0v) is 13.5. The van der Waals surface area contributed by atoms with Crippen molar-refractivity contribution in [3.8, 4) is 0 Å². The van der Waals surface area contributed by atoms with Gasteiger partial charge in [0.25, 0.3) is 0 Å². The first kappa shape index (κ1) is 16.1. The van der Waals surface area contributed by atoms with E-state index in [0.717, 1.165) is 5.56 Å². The predicted molar refractivity (Wildman–Crippen MR) is 95.3 cm³/mol. The smallest absolute Gasteiger partial charge is 0.238 e. The molecular weight excluding hydrogens is 303 g/mol. The molecule has 0 aliphatic heterocycles. The minimum Gasteiger partial charge on any atom is -0.325 e. The molecule has 1 amide bonds. The lowest BCUT2D eigenvalue weighted by Gasteiger charge is -2.17. The van der Waals surface area contributed by atoms with Crippen molar-refractivity contribution in [1.29, 1.82) is 0 Å². The molecule has 0 heterocycles. The van der Waals surface area contributed by atoms with E-state index in [1.807, 2.05) is 24.1 Å². The van der Waals surface area contributed by atoms with Gasteiger partial charge in [0.2, 0.25) is 5.91 Å². The number of hydrogen-bond donors (Lipinski definition) is 1. The summed E-state index contributed by atoms with van der Waals surface area (Å²) in [5.74, 6) is -0.527. The Bertz CT molecular complexity index is 863. The van der Waals surface area contributed by atoms with Crippen LogP contribution in [-0.4, -0.2) is 24.4 Å². The second-order valence-corrected chi connectivity index (χ2v) is 5.91. The van der Waals surface area contributed by atoms with Crippen LogP contribution in [0.1, 0.15) is 5.56 Å². The van der Waals surface area contributed by atoms with Gasteiger partial charge >= 0.3 is 0 Å². The molecular formula is C20H19FN2O. The maximum atomic E-state index is 13.1. The van der Waals surface area contributed by atoms with Crippen LogP contribution in [0.4, 0.5) is 10.1 Å². The Balaban J connectivity index is 1.59. The number of likely N-dealkylation sites (N-methyl/N-ethyl adjacent to an activating group) is 1. The second-order valence-electron chi connectivity index (χ2n) is 5.91. The third-order valence-corrected chi connectivity index (χ3v) is 3.79. The summed E-state index contributed by atoms with van der Waals surface area (Å²) >= 11 is 0. The van der Waals surface area contributed by atoms with Gasteiger partial charge in [-0.05, 0) is 47.6 Å². The molecule has 0 saturated carbocycles. The zero-order valence-electron chi connectivity index (χ0n) is 13.5. The third kappa shape index (κ3) is 4.18. The average molecular weight is 322 g/mol. The van der Waals surface area contributed by atoms with E-state index in [9.17, 15) is 9.18 Å². The number of fused-ring (bicyclic) bond motifs is 1. The molecule has 0 aliphatic carbocycles. The summed E-state index contributed by atoms with van der Waals surface area (Å²) in [5, 5.41) is 5.10. The molecule has 3 aromatic carbocycles. The van der Waals surface area contributed by atoms with Gasteiger partial charge in [-0.25, -0.2) is 4.39 Å². The molecule has 4 heteroatoms. The van der Waals surface area contributed by atoms with Crippen molar-refractivity contribution >= 4 is 22.4 Å². The summed E-state index contributed by atoms with van der Waals surface area (Å²) in [6.07, 6.45) is 0. The number of carbonyl (C=O) groups excluding carboxylic acids is 1. The number of hydrogen-bond acceptors (Lipinski definition) is 2. The van der Waals surface area contributed by atoms with Crippen molar-refractivity contribution in [2.45, 2.75) is 6.54 Å². The van der Waals surface area contributed by atoms with Crippen LogP contribution >= 0.6 is 0 Å². The summed E-state index contributed by atoms with van der Waals surface area (Å²) in [6.45, 7) is 0.907. The van der Waals surface area contributed by atoms with E-state index in [4.69, 9.17) is 0 Å². The minimum atomic E-state index is -0.364. The maximum Gasteiger partial charge on any atom is 0.238 e. The van der Waals surface area contributed by atoms with E-state index in [1.165, 1.54) is 22.9 Å². The summed E-state index contributed by atoms with van der Waals surface area (Å²) < 4.78 is 13.1. The molecule has 3 aromatic rings. The Morgan fingerprint density at radius 3 is 2.58 bits per heavy atom. The topological polar surface area (TPSA) is 32.3 Å². The number of nitrogens with zero attached hydrogens (tertiary/aromatic N) is 1. The fourth-order valence-electron chi connectivity index (χ4n) is 2.72. The molecule has 0 aliphatic rings. The quantitative estimate of drug-likeness (QED) is 0.768. The highest BCUT2D eigenvalue weighted by Gasteiger charge is 2.08. The lowest BCUT2D eigenvalue weighted by Crippen LogP contribution is -2.29. The van der Waals surface area contributed by atoms with E-state index in [1.54, 1.807) is 12.1 Å². The summed E-state index contributed by atoms with van der Waals surface area (Å²) in [6, 6.07) is 20.4. The highest BCUT2D eigenvalue weighted by Crippen LogP contribution is 2.16. The van der Waals surface area contributed by atoms with E-state index in [2.05, 4.69) is 35.6 Å². The largest absolute Gasteiger partial charge is 0.325 e. The van der Waals surface area contributed by atoms with Gasteiger partial charge < -0.3 is 5.32 Å². The number of halogens is 1. The van der Waals surface area contributed by atoms with Crippen molar-refractivity contribution in [3.05, 3.63) is 78.1 Å². The number of benzene rings is 3. The molecule has 0 saturated heterocycles. The standard InChI is InChI=1S/C20H19FN2O/c1-23(14-20(24)22-19-8-4-7-18(21)12-19)13-15-9-10-16-5-2-3-6-17(16)11-15/h2-12H,13-14H2,1H3,(H,22,24). The maximum absolute atomic E-state index is 13.1. The number of anilines is 1. The second kappa shape index (κ2) is 7.23. The van der Waals surface area contributed by atoms with Gasteiger partial charge in [-0.3, -0.25) is 9.69 Å². The first-order chi connectivity index (χ1) is 11.6. The van der Waals surface area contributed by atoms with Gasteiger partial charge in [0.15, 0.2) is 0 Å².